The van der Waals surface area contributed by atoms with Crippen LogP contribution in [0.15, 0.2) is 99.8 Å². The van der Waals surface area contributed by atoms with Crippen LogP contribution in [0.5, 0.6) is 0 Å². The van der Waals surface area contributed by atoms with Crippen LogP contribution in [0.1, 0.15) is 11.1 Å². The summed E-state index contributed by atoms with van der Waals surface area (Å²) >= 11 is 0. The number of amides is 1. The molecule has 8 heteroatoms. The summed E-state index contributed by atoms with van der Waals surface area (Å²) in [5.41, 5.74) is 5.41. The van der Waals surface area contributed by atoms with Gasteiger partial charge < -0.3 is 9.80 Å². The number of likely N-dealkylation sites (N-methyl/N-ethyl adjacent to an activating group) is 2. The molecule has 0 atom stereocenters. The topological polar surface area (TPSA) is 96.8 Å². The second-order valence-corrected chi connectivity index (χ2v) is 7.93. The molecule has 0 N–H and O–H groups in total. The van der Waals surface area contributed by atoms with Gasteiger partial charge in [-0.2, -0.15) is 25.7 Å². The van der Waals surface area contributed by atoms with E-state index >= 15 is 0 Å². The van der Waals surface area contributed by atoms with E-state index in [-0.39, 0.29) is 5.91 Å². The highest BCUT2D eigenvalue weighted by Crippen LogP contribution is 2.28. The van der Waals surface area contributed by atoms with E-state index in [1.54, 1.807) is 36.2 Å². The highest BCUT2D eigenvalue weighted by molar-refractivity contribution is 5.86. The van der Waals surface area contributed by atoms with Crippen LogP contribution in [-0.2, 0) is 4.79 Å². The van der Waals surface area contributed by atoms with E-state index in [1.165, 1.54) is 6.08 Å². The van der Waals surface area contributed by atoms with Crippen molar-refractivity contribution in [2.45, 2.75) is 6.92 Å². The van der Waals surface area contributed by atoms with Gasteiger partial charge >= 0.3 is 0 Å². The van der Waals surface area contributed by atoms with Crippen LogP contribution in [0.3, 0.4) is 0 Å². The molecule has 0 radical (unpaired) electrons. The zero-order valence-electron chi connectivity index (χ0n) is 20.1. The Morgan fingerprint density at radius 1 is 0.886 bits per heavy atom. The zero-order chi connectivity index (χ0) is 25.2. The molecule has 0 aliphatic carbocycles. The van der Waals surface area contributed by atoms with E-state index in [1.807, 2.05) is 56.4 Å². The average Bonchev–Trinajstić information content (AvgIpc) is 2.89. The van der Waals surface area contributed by atoms with Gasteiger partial charge in [0.2, 0.25) is 5.91 Å². The van der Waals surface area contributed by atoms with Gasteiger partial charge in [-0.1, -0.05) is 6.58 Å². The van der Waals surface area contributed by atoms with Gasteiger partial charge in [0.05, 0.1) is 34.4 Å². The van der Waals surface area contributed by atoms with E-state index < -0.39 is 0 Å². The lowest BCUT2D eigenvalue weighted by Crippen LogP contribution is -2.33. The fourth-order valence-corrected chi connectivity index (χ4v) is 3.11. The summed E-state index contributed by atoms with van der Waals surface area (Å²) in [5.74, 6) is -0.0909. The number of carbonyl (C=O) groups is 1. The molecule has 0 aromatic heterocycles. The highest BCUT2D eigenvalue weighted by Gasteiger charge is 2.07. The Morgan fingerprint density at radius 3 is 2.06 bits per heavy atom. The molecule has 3 aromatic carbocycles. The molecule has 0 saturated heterocycles. The summed E-state index contributed by atoms with van der Waals surface area (Å²) < 4.78 is 0. The summed E-state index contributed by atoms with van der Waals surface area (Å²) in [6, 6.07) is 22.3. The van der Waals surface area contributed by atoms with Crippen molar-refractivity contribution in [3.63, 3.8) is 0 Å². The number of aryl methyl sites for hydroxylation is 1. The van der Waals surface area contributed by atoms with E-state index in [4.69, 9.17) is 5.26 Å². The smallest absolute Gasteiger partial charge is 0.245 e. The molecule has 1 amide bonds. The maximum atomic E-state index is 11.6. The number of hydrogen-bond donors (Lipinski definition) is 0. The largest absolute Gasteiger partial charge is 0.373 e. The normalized spacial score (nSPS) is 10.9. The molecule has 0 heterocycles. The van der Waals surface area contributed by atoms with Crippen molar-refractivity contribution in [1.82, 2.24) is 4.90 Å². The highest BCUT2D eigenvalue weighted by atomic mass is 16.2. The minimum atomic E-state index is -0.0909. The third-order valence-electron chi connectivity index (χ3n) is 5.34. The van der Waals surface area contributed by atoms with Gasteiger partial charge in [-0.3, -0.25) is 4.79 Å². The van der Waals surface area contributed by atoms with Crippen molar-refractivity contribution < 1.29 is 4.79 Å². The summed E-state index contributed by atoms with van der Waals surface area (Å²) in [4.78, 5) is 15.3. The number of azo groups is 2. The van der Waals surface area contributed by atoms with Gasteiger partial charge in [0, 0.05) is 32.9 Å². The molecule has 35 heavy (non-hydrogen) atoms. The lowest BCUT2D eigenvalue weighted by molar-refractivity contribution is -0.124. The van der Waals surface area contributed by atoms with Crippen LogP contribution < -0.4 is 4.90 Å². The van der Waals surface area contributed by atoms with Crippen molar-refractivity contribution in [3.8, 4) is 6.07 Å². The zero-order valence-corrected chi connectivity index (χ0v) is 20.1. The van der Waals surface area contributed by atoms with Gasteiger partial charge in [-0.25, -0.2) is 0 Å². The third-order valence-corrected chi connectivity index (χ3v) is 5.34. The fraction of sp³-hybridized carbons (Fsp3) is 0.185. The monoisotopic (exact) mass is 465 g/mol. The molecule has 0 aliphatic heterocycles. The summed E-state index contributed by atoms with van der Waals surface area (Å²) in [7, 11) is 3.74. The molecule has 3 aromatic rings. The van der Waals surface area contributed by atoms with Crippen LogP contribution in [-0.4, -0.2) is 38.0 Å². The molecule has 0 saturated carbocycles. The predicted molar refractivity (Wildman–Crippen MR) is 138 cm³/mol. The second-order valence-electron chi connectivity index (χ2n) is 7.93. The van der Waals surface area contributed by atoms with Crippen molar-refractivity contribution in [3.05, 3.63) is 90.5 Å². The summed E-state index contributed by atoms with van der Waals surface area (Å²) in [6.07, 6.45) is 1.32. The van der Waals surface area contributed by atoms with E-state index in [0.717, 1.165) is 22.6 Å². The van der Waals surface area contributed by atoms with Gasteiger partial charge in [-0.15, -0.1) is 0 Å². The van der Waals surface area contributed by atoms with Gasteiger partial charge in [0.25, 0.3) is 0 Å². The molecule has 0 fully saturated rings. The Bertz CT molecular complexity index is 1270. The van der Waals surface area contributed by atoms with Crippen molar-refractivity contribution in [2.24, 2.45) is 20.5 Å². The number of nitrogens with zero attached hydrogens (tertiary/aromatic N) is 7. The Labute approximate surface area is 205 Å². The average molecular weight is 466 g/mol. The van der Waals surface area contributed by atoms with Gasteiger partial charge in [0.1, 0.15) is 0 Å². The van der Waals surface area contributed by atoms with E-state index in [0.29, 0.717) is 30.0 Å². The maximum absolute atomic E-state index is 11.6. The first-order valence-corrected chi connectivity index (χ1v) is 11.0. The first kappa shape index (κ1) is 25.0. The second kappa shape index (κ2) is 12.0. The van der Waals surface area contributed by atoms with Crippen LogP contribution in [0.25, 0.3) is 0 Å². The summed E-state index contributed by atoms with van der Waals surface area (Å²) in [5, 5.41) is 26.1. The van der Waals surface area contributed by atoms with Crippen LogP contribution in [0.2, 0.25) is 0 Å². The number of rotatable bonds is 9. The van der Waals surface area contributed by atoms with Crippen molar-refractivity contribution in [2.75, 3.05) is 32.1 Å². The summed E-state index contributed by atoms with van der Waals surface area (Å²) in [6.45, 7) is 6.76. The number of nitriles is 1. The molecular formula is C27H27N7O. The number of hydrogen-bond acceptors (Lipinski definition) is 7. The predicted octanol–water partition coefficient (Wildman–Crippen LogP) is 6.78. The third kappa shape index (κ3) is 7.17. The molecule has 0 bridgehead atoms. The minimum absolute atomic E-state index is 0.0909. The fourth-order valence-electron chi connectivity index (χ4n) is 3.11. The standard InChI is InChI=1S/C27H27N7O/c1-5-27(35)34(4)17-16-33(3)25-13-10-23(11-14-25)30-32-26-15-12-24(18-20(26)2)31-29-22-8-6-21(19-28)7-9-22/h5-15,18H,1,16-17H2,2-4H3. The van der Waals surface area contributed by atoms with E-state index in [9.17, 15) is 4.79 Å². The van der Waals surface area contributed by atoms with E-state index in [2.05, 4.69) is 38.0 Å². The Kier molecular flexibility index (Phi) is 8.57. The van der Waals surface area contributed by atoms with Crippen LogP contribution >= 0.6 is 0 Å². The molecule has 0 aliphatic rings. The Balaban J connectivity index is 1.60. The maximum Gasteiger partial charge on any atom is 0.245 e. The molecule has 3 rings (SSSR count). The lowest BCUT2D eigenvalue weighted by atomic mass is 10.2. The molecular weight excluding hydrogens is 438 g/mol. The molecule has 176 valence electrons. The Hall–Kier alpha value is -4.64. The molecule has 0 unspecified atom stereocenters. The SMILES string of the molecule is C=CC(=O)N(C)CCN(C)c1ccc(N=Nc2ccc(N=Nc3ccc(C#N)cc3)cc2C)cc1. The van der Waals surface area contributed by atoms with Crippen molar-refractivity contribution >= 4 is 34.3 Å². The number of benzene rings is 3. The van der Waals surface area contributed by atoms with Crippen LogP contribution in [0.4, 0.5) is 28.4 Å². The minimum Gasteiger partial charge on any atom is -0.373 e. The number of anilines is 1. The Morgan fingerprint density at radius 2 is 1.46 bits per heavy atom. The quantitative estimate of drug-likeness (QED) is 0.257. The van der Waals surface area contributed by atoms with Crippen molar-refractivity contribution in [1.29, 1.82) is 5.26 Å². The van der Waals surface area contributed by atoms with Gasteiger partial charge in [0.15, 0.2) is 0 Å². The first-order valence-electron chi connectivity index (χ1n) is 11.0. The van der Waals surface area contributed by atoms with Gasteiger partial charge in [-0.05, 0) is 85.3 Å². The lowest BCUT2D eigenvalue weighted by Gasteiger charge is -2.23. The van der Waals surface area contributed by atoms with Crippen LogP contribution in [0, 0.1) is 18.3 Å². The first-order chi connectivity index (χ1) is 16.9. The molecule has 0 spiro atoms. The number of carbonyl (C=O) groups excluding carboxylic acids is 1. The molecule has 8 nitrogen and oxygen atoms in total.